The molecule has 0 spiro atoms. The van der Waals surface area contributed by atoms with E-state index in [1.165, 1.54) is 11.4 Å². The molecule has 0 bridgehead atoms. The lowest BCUT2D eigenvalue weighted by Crippen LogP contribution is -2.34. The molecule has 0 aliphatic carbocycles. The number of rotatable bonds is 4. The van der Waals surface area contributed by atoms with Crippen molar-refractivity contribution in [3.05, 3.63) is 54.1 Å². The predicted molar refractivity (Wildman–Crippen MR) is 84.4 cm³/mol. The van der Waals surface area contributed by atoms with Gasteiger partial charge in [0, 0.05) is 31.5 Å². The number of benzene rings is 1. The second-order valence-electron chi connectivity index (χ2n) is 6.51. The van der Waals surface area contributed by atoms with Crippen molar-refractivity contribution in [2.45, 2.75) is 51.2 Å². The van der Waals surface area contributed by atoms with E-state index in [2.05, 4.69) is 59.9 Å². The fourth-order valence-electron chi connectivity index (χ4n) is 3.22. The number of hydrogen-bond acceptors (Lipinski definition) is 2. The summed E-state index contributed by atoms with van der Waals surface area (Å²) in [6.45, 7) is 6.19. The summed E-state index contributed by atoms with van der Waals surface area (Å²) in [6, 6.07) is 10.6. The number of aryl methyl sites for hydroxylation is 2. The lowest BCUT2D eigenvalue weighted by atomic mass is 9.88. The van der Waals surface area contributed by atoms with Crippen molar-refractivity contribution in [2.75, 3.05) is 6.61 Å². The average Bonchev–Trinajstić information content (AvgIpc) is 2.93. The Balaban J connectivity index is 1.69. The van der Waals surface area contributed by atoms with Crippen LogP contribution in [0.1, 0.15) is 44.0 Å². The molecule has 2 aromatic rings. The van der Waals surface area contributed by atoms with Crippen LogP contribution in [0.4, 0.5) is 0 Å². The third kappa shape index (κ3) is 3.53. The minimum atomic E-state index is -0.0286. The lowest BCUT2D eigenvalue weighted by molar-refractivity contribution is -0.0606. The first-order chi connectivity index (χ1) is 10.1. The van der Waals surface area contributed by atoms with Crippen molar-refractivity contribution in [1.29, 1.82) is 0 Å². The van der Waals surface area contributed by atoms with Gasteiger partial charge in [-0.2, -0.15) is 0 Å². The Morgan fingerprint density at radius 2 is 2.10 bits per heavy atom. The van der Waals surface area contributed by atoms with Crippen LogP contribution >= 0.6 is 0 Å². The van der Waals surface area contributed by atoms with Crippen molar-refractivity contribution in [1.82, 2.24) is 9.55 Å². The number of aromatic nitrogens is 2. The van der Waals surface area contributed by atoms with Gasteiger partial charge in [0.25, 0.3) is 0 Å². The summed E-state index contributed by atoms with van der Waals surface area (Å²) in [5.41, 5.74) is 1.35. The van der Waals surface area contributed by atoms with Gasteiger partial charge in [-0.05, 0) is 38.7 Å². The minimum Gasteiger partial charge on any atom is -0.376 e. The molecule has 0 saturated carbocycles. The van der Waals surface area contributed by atoms with Gasteiger partial charge in [-0.25, -0.2) is 4.98 Å². The fraction of sp³-hybridized carbons (Fsp3) is 0.500. The van der Waals surface area contributed by atoms with Gasteiger partial charge in [0.1, 0.15) is 5.82 Å². The summed E-state index contributed by atoms with van der Waals surface area (Å²) < 4.78 is 8.14. The fourth-order valence-corrected chi connectivity index (χ4v) is 3.22. The maximum absolute atomic E-state index is 5.83. The monoisotopic (exact) mass is 284 g/mol. The molecule has 1 aliphatic rings. The molecule has 21 heavy (non-hydrogen) atoms. The Bertz CT molecular complexity index is 574. The highest BCUT2D eigenvalue weighted by Gasteiger charge is 2.31. The van der Waals surface area contributed by atoms with Crippen molar-refractivity contribution in [3.8, 4) is 0 Å². The summed E-state index contributed by atoms with van der Waals surface area (Å²) in [5.74, 6) is 1.74. The third-order valence-electron chi connectivity index (χ3n) is 4.29. The Labute approximate surface area is 127 Å². The Kier molecular flexibility index (Phi) is 4.11. The van der Waals surface area contributed by atoms with E-state index in [0.717, 1.165) is 32.4 Å². The summed E-state index contributed by atoms with van der Waals surface area (Å²) in [7, 11) is 0. The maximum atomic E-state index is 5.83. The second-order valence-corrected chi connectivity index (χ2v) is 6.51. The molecule has 1 unspecified atom stereocenters. The smallest absolute Gasteiger partial charge is 0.111 e. The lowest BCUT2D eigenvalue weighted by Gasteiger charge is -2.35. The molecular weight excluding hydrogens is 260 g/mol. The molecule has 3 heteroatoms. The molecule has 1 atom stereocenters. The van der Waals surface area contributed by atoms with Crippen LogP contribution in [0, 0.1) is 0 Å². The zero-order valence-electron chi connectivity index (χ0n) is 13.0. The normalized spacial score (nSPS) is 21.3. The zero-order valence-corrected chi connectivity index (χ0v) is 13.0. The van der Waals surface area contributed by atoms with Gasteiger partial charge in [-0.15, -0.1) is 0 Å². The van der Waals surface area contributed by atoms with Crippen molar-refractivity contribution in [2.24, 2.45) is 0 Å². The van der Waals surface area contributed by atoms with E-state index in [1.54, 1.807) is 0 Å². The minimum absolute atomic E-state index is 0.0286. The SMILES string of the molecule is CC1(C)CC(c2nccn2CCc2ccccc2)CCO1. The number of nitrogens with zero attached hydrogens (tertiary/aromatic N) is 2. The van der Waals surface area contributed by atoms with Crippen molar-refractivity contribution in [3.63, 3.8) is 0 Å². The molecule has 3 nitrogen and oxygen atoms in total. The highest BCUT2D eigenvalue weighted by atomic mass is 16.5. The average molecular weight is 284 g/mol. The van der Waals surface area contributed by atoms with Crippen LogP contribution in [0.2, 0.25) is 0 Å². The van der Waals surface area contributed by atoms with Gasteiger partial charge in [-0.3, -0.25) is 0 Å². The standard InChI is InChI=1S/C18H24N2O/c1-18(2)14-16(9-13-21-18)17-19-10-12-20(17)11-8-15-6-4-3-5-7-15/h3-7,10,12,16H,8-9,11,13-14H2,1-2H3. The molecule has 0 amide bonds. The molecular formula is C18H24N2O. The Hall–Kier alpha value is -1.61. The summed E-state index contributed by atoms with van der Waals surface area (Å²) in [6.07, 6.45) is 7.22. The summed E-state index contributed by atoms with van der Waals surface area (Å²) in [5, 5.41) is 0. The molecule has 1 saturated heterocycles. The van der Waals surface area contributed by atoms with Gasteiger partial charge in [0.2, 0.25) is 0 Å². The van der Waals surface area contributed by atoms with E-state index in [1.807, 2.05) is 6.20 Å². The molecule has 1 fully saturated rings. The van der Waals surface area contributed by atoms with Gasteiger partial charge < -0.3 is 9.30 Å². The molecule has 1 aliphatic heterocycles. The number of imidazole rings is 1. The second kappa shape index (κ2) is 6.02. The van der Waals surface area contributed by atoms with Crippen LogP contribution in [0.3, 0.4) is 0 Å². The van der Waals surface area contributed by atoms with E-state index in [4.69, 9.17) is 4.74 Å². The molecule has 1 aromatic carbocycles. The number of ether oxygens (including phenoxy) is 1. The van der Waals surface area contributed by atoms with Gasteiger partial charge in [0.15, 0.2) is 0 Å². The molecule has 0 radical (unpaired) electrons. The van der Waals surface area contributed by atoms with Crippen molar-refractivity contribution >= 4 is 0 Å². The summed E-state index contributed by atoms with van der Waals surface area (Å²) in [4.78, 5) is 4.63. The molecule has 1 aromatic heterocycles. The van der Waals surface area contributed by atoms with E-state index in [-0.39, 0.29) is 5.60 Å². The van der Waals surface area contributed by atoms with Crippen LogP contribution in [-0.4, -0.2) is 21.8 Å². The maximum Gasteiger partial charge on any atom is 0.111 e. The first kappa shape index (κ1) is 14.3. The highest BCUT2D eigenvalue weighted by Crippen LogP contribution is 2.34. The quantitative estimate of drug-likeness (QED) is 0.854. The first-order valence-corrected chi connectivity index (χ1v) is 7.83. The molecule has 112 valence electrons. The van der Waals surface area contributed by atoms with Crippen LogP contribution in [0.5, 0.6) is 0 Å². The van der Waals surface area contributed by atoms with Crippen LogP contribution < -0.4 is 0 Å². The topological polar surface area (TPSA) is 27.1 Å². The highest BCUT2D eigenvalue weighted by molar-refractivity contribution is 5.15. The van der Waals surface area contributed by atoms with E-state index < -0.39 is 0 Å². The van der Waals surface area contributed by atoms with Crippen LogP contribution in [0.15, 0.2) is 42.7 Å². The Morgan fingerprint density at radius 1 is 1.29 bits per heavy atom. The molecule has 0 N–H and O–H groups in total. The number of hydrogen-bond donors (Lipinski definition) is 0. The van der Waals surface area contributed by atoms with E-state index >= 15 is 0 Å². The molecule has 3 rings (SSSR count). The van der Waals surface area contributed by atoms with Crippen LogP contribution in [-0.2, 0) is 17.7 Å². The van der Waals surface area contributed by atoms with E-state index in [9.17, 15) is 0 Å². The third-order valence-corrected chi connectivity index (χ3v) is 4.29. The zero-order chi connectivity index (χ0) is 14.7. The van der Waals surface area contributed by atoms with E-state index in [0.29, 0.717) is 5.92 Å². The van der Waals surface area contributed by atoms with Gasteiger partial charge in [0.05, 0.1) is 5.60 Å². The largest absolute Gasteiger partial charge is 0.376 e. The molecule has 2 heterocycles. The Morgan fingerprint density at radius 3 is 2.86 bits per heavy atom. The predicted octanol–water partition coefficient (Wildman–Crippen LogP) is 3.80. The van der Waals surface area contributed by atoms with Crippen LogP contribution in [0.25, 0.3) is 0 Å². The summed E-state index contributed by atoms with van der Waals surface area (Å²) >= 11 is 0. The first-order valence-electron chi connectivity index (χ1n) is 7.83. The van der Waals surface area contributed by atoms with Gasteiger partial charge >= 0.3 is 0 Å². The van der Waals surface area contributed by atoms with Gasteiger partial charge in [-0.1, -0.05) is 30.3 Å². The van der Waals surface area contributed by atoms with Crippen molar-refractivity contribution < 1.29 is 4.74 Å².